The first-order valence-corrected chi connectivity index (χ1v) is 5.03. The molecule has 1 atom stereocenters. The largest absolute Gasteiger partial charge is 0.384 e. The van der Waals surface area contributed by atoms with Crippen LogP contribution in [0.5, 0.6) is 0 Å². The van der Waals surface area contributed by atoms with Crippen LogP contribution in [-0.4, -0.2) is 10.1 Å². The van der Waals surface area contributed by atoms with Crippen LogP contribution in [0.3, 0.4) is 0 Å². The van der Waals surface area contributed by atoms with Crippen molar-refractivity contribution in [2.75, 3.05) is 0 Å². The number of nitrogens with zero attached hydrogens (tertiary/aromatic N) is 1. The van der Waals surface area contributed by atoms with Crippen molar-refractivity contribution in [3.05, 3.63) is 65.2 Å². The number of pyridine rings is 1. The Kier molecular flexibility index (Phi) is 2.97. The lowest BCUT2D eigenvalue weighted by molar-refractivity contribution is 0.219. The van der Waals surface area contributed by atoms with E-state index < -0.39 is 6.10 Å². The Morgan fingerprint density at radius 1 is 1.19 bits per heavy atom. The fourth-order valence-electron chi connectivity index (χ4n) is 1.51. The molecule has 3 heteroatoms. The van der Waals surface area contributed by atoms with Gasteiger partial charge in [0.15, 0.2) is 0 Å². The molecule has 0 radical (unpaired) electrons. The first-order valence-electron chi connectivity index (χ1n) is 5.03. The summed E-state index contributed by atoms with van der Waals surface area (Å²) in [5.74, 6) is -0.350. The topological polar surface area (TPSA) is 33.1 Å². The van der Waals surface area contributed by atoms with E-state index in [1.165, 1.54) is 12.1 Å². The van der Waals surface area contributed by atoms with Gasteiger partial charge in [-0.2, -0.15) is 0 Å². The molecule has 0 aliphatic heterocycles. The molecule has 82 valence electrons. The van der Waals surface area contributed by atoms with Crippen LogP contribution in [0, 0.1) is 12.7 Å². The van der Waals surface area contributed by atoms with Gasteiger partial charge in [-0.05, 0) is 30.7 Å². The maximum atomic E-state index is 13.0. The summed E-state index contributed by atoms with van der Waals surface area (Å²) in [6.07, 6.45) is 0.772. The number of hydrogen-bond donors (Lipinski definition) is 1. The summed E-state index contributed by atoms with van der Waals surface area (Å²) in [6, 6.07) is 9.55. The summed E-state index contributed by atoms with van der Waals surface area (Å²) in [5, 5.41) is 10.0. The van der Waals surface area contributed by atoms with Crippen LogP contribution in [0.4, 0.5) is 4.39 Å². The molecule has 1 N–H and O–H groups in total. The van der Waals surface area contributed by atoms with Gasteiger partial charge >= 0.3 is 0 Å². The van der Waals surface area contributed by atoms with Crippen molar-refractivity contribution in [3.8, 4) is 0 Å². The highest BCUT2D eigenvalue weighted by Crippen LogP contribution is 2.21. The number of hydrogen-bond acceptors (Lipinski definition) is 2. The highest BCUT2D eigenvalue weighted by Gasteiger charge is 2.10. The van der Waals surface area contributed by atoms with E-state index in [2.05, 4.69) is 4.98 Å². The minimum absolute atomic E-state index is 0.350. The van der Waals surface area contributed by atoms with Crippen molar-refractivity contribution in [1.29, 1.82) is 0 Å². The number of aryl methyl sites for hydroxylation is 1. The van der Waals surface area contributed by atoms with E-state index >= 15 is 0 Å². The van der Waals surface area contributed by atoms with Crippen molar-refractivity contribution in [1.82, 2.24) is 4.98 Å². The van der Waals surface area contributed by atoms with Gasteiger partial charge in [0, 0.05) is 17.5 Å². The molecule has 16 heavy (non-hydrogen) atoms. The third-order valence-electron chi connectivity index (χ3n) is 2.41. The molecule has 0 bridgehead atoms. The minimum Gasteiger partial charge on any atom is -0.384 e. The average Bonchev–Trinajstić information content (AvgIpc) is 2.29. The van der Waals surface area contributed by atoms with Crippen molar-refractivity contribution in [2.24, 2.45) is 0 Å². The van der Waals surface area contributed by atoms with Gasteiger partial charge in [0.2, 0.25) is 0 Å². The van der Waals surface area contributed by atoms with Crippen LogP contribution < -0.4 is 0 Å². The van der Waals surface area contributed by atoms with Gasteiger partial charge in [-0.25, -0.2) is 4.39 Å². The number of rotatable bonds is 2. The summed E-state index contributed by atoms with van der Waals surface area (Å²) >= 11 is 0. The first-order chi connectivity index (χ1) is 7.66. The van der Waals surface area contributed by atoms with Crippen LogP contribution >= 0.6 is 0 Å². The molecule has 0 aliphatic carbocycles. The van der Waals surface area contributed by atoms with E-state index in [4.69, 9.17) is 0 Å². The highest BCUT2D eigenvalue weighted by atomic mass is 19.1. The molecular weight excluding hydrogens is 205 g/mol. The Morgan fingerprint density at radius 3 is 2.62 bits per heavy atom. The van der Waals surface area contributed by atoms with Crippen LogP contribution in [-0.2, 0) is 0 Å². The summed E-state index contributed by atoms with van der Waals surface area (Å²) in [6.45, 7) is 1.87. The van der Waals surface area contributed by atoms with E-state index in [1.54, 1.807) is 24.4 Å². The second-order valence-corrected chi connectivity index (χ2v) is 3.69. The predicted octanol–water partition coefficient (Wildman–Crippen LogP) is 2.61. The smallest absolute Gasteiger partial charge is 0.123 e. The van der Waals surface area contributed by atoms with Crippen molar-refractivity contribution >= 4 is 0 Å². The molecule has 0 aliphatic rings. The van der Waals surface area contributed by atoms with Crippen LogP contribution in [0.1, 0.15) is 22.9 Å². The van der Waals surface area contributed by atoms with Gasteiger partial charge in [0.25, 0.3) is 0 Å². The number of aliphatic hydroxyl groups is 1. The van der Waals surface area contributed by atoms with Gasteiger partial charge in [-0.3, -0.25) is 4.98 Å². The number of benzene rings is 1. The molecule has 2 nitrogen and oxygen atoms in total. The summed E-state index contributed by atoms with van der Waals surface area (Å²) in [4.78, 5) is 4.09. The fourth-order valence-corrected chi connectivity index (χ4v) is 1.51. The third kappa shape index (κ3) is 2.25. The summed E-state index contributed by atoms with van der Waals surface area (Å²) in [7, 11) is 0. The lowest BCUT2D eigenvalue weighted by Crippen LogP contribution is -2.00. The fraction of sp³-hybridized carbons (Fsp3) is 0.154. The molecule has 2 rings (SSSR count). The van der Waals surface area contributed by atoms with Crippen molar-refractivity contribution < 1.29 is 9.50 Å². The zero-order chi connectivity index (χ0) is 11.5. The van der Waals surface area contributed by atoms with Crippen LogP contribution in [0.25, 0.3) is 0 Å². The lowest BCUT2D eigenvalue weighted by atomic mass is 10.0. The van der Waals surface area contributed by atoms with Gasteiger partial charge < -0.3 is 5.11 Å². The van der Waals surface area contributed by atoms with Gasteiger partial charge in [-0.15, -0.1) is 0 Å². The second kappa shape index (κ2) is 4.41. The second-order valence-electron chi connectivity index (χ2n) is 3.69. The van der Waals surface area contributed by atoms with E-state index in [-0.39, 0.29) is 5.82 Å². The molecule has 2 aromatic rings. The van der Waals surface area contributed by atoms with Gasteiger partial charge in [0.05, 0.1) is 0 Å². The number of aliphatic hydroxyl groups excluding tert-OH is 1. The zero-order valence-corrected chi connectivity index (χ0v) is 8.89. The maximum Gasteiger partial charge on any atom is 0.123 e. The minimum atomic E-state index is -0.830. The van der Waals surface area contributed by atoms with E-state index in [1.807, 2.05) is 13.0 Å². The Labute approximate surface area is 93.4 Å². The quantitative estimate of drug-likeness (QED) is 0.838. The van der Waals surface area contributed by atoms with Gasteiger partial charge in [0.1, 0.15) is 11.9 Å². The lowest BCUT2D eigenvalue weighted by Gasteiger charge is -2.11. The molecule has 1 aromatic heterocycles. The monoisotopic (exact) mass is 217 g/mol. The Bertz CT molecular complexity index is 482. The predicted molar refractivity (Wildman–Crippen MR) is 59.4 cm³/mol. The van der Waals surface area contributed by atoms with E-state index in [0.717, 1.165) is 5.69 Å². The van der Waals surface area contributed by atoms with Crippen molar-refractivity contribution in [3.63, 3.8) is 0 Å². The number of aromatic nitrogens is 1. The summed E-state index contributed by atoms with van der Waals surface area (Å²) < 4.78 is 13.0. The molecule has 1 heterocycles. The summed E-state index contributed by atoms with van der Waals surface area (Å²) in [5.41, 5.74) is 2.08. The standard InChI is InChI=1S/C13H12FNO/c1-9-5-6-11(8-15-9)13(16)10-3-2-4-12(14)7-10/h2-8,13,16H,1H3. The van der Waals surface area contributed by atoms with E-state index in [0.29, 0.717) is 11.1 Å². The zero-order valence-electron chi connectivity index (χ0n) is 8.89. The van der Waals surface area contributed by atoms with E-state index in [9.17, 15) is 9.50 Å². The Balaban J connectivity index is 2.31. The highest BCUT2D eigenvalue weighted by molar-refractivity contribution is 5.28. The molecule has 1 aromatic carbocycles. The molecule has 0 saturated carbocycles. The maximum absolute atomic E-state index is 13.0. The average molecular weight is 217 g/mol. The molecule has 1 unspecified atom stereocenters. The molecular formula is C13H12FNO. The van der Waals surface area contributed by atoms with Crippen LogP contribution in [0.15, 0.2) is 42.6 Å². The molecule has 0 spiro atoms. The van der Waals surface area contributed by atoms with Crippen LogP contribution in [0.2, 0.25) is 0 Å². The molecule has 0 amide bonds. The third-order valence-corrected chi connectivity index (χ3v) is 2.41. The number of halogens is 1. The molecule has 0 saturated heterocycles. The SMILES string of the molecule is Cc1ccc(C(O)c2cccc(F)c2)cn1. The van der Waals surface area contributed by atoms with Gasteiger partial charge in [-0.1, -0.05) is 18.2 Å². The Morgan fingerprint density at radius 2 is 2.00 bits per heavy atom. The first kappa shape index (κ1) is 10.8. The normalized spacial score (nSPS) is 12.4. The molecule has 0 fully saturated rings. The Hall–Kier alpha value is -1.74. The van der Waals surface area contributed by atoms with Crippen molar-refractivity contribution in [2.45, 2.75) is 13.0 Å².